The molecule has 5 nitrogen and oxygen atoms in total. The zero-order chi connectivity index (χ0) is 16.8. The molecule has 1 heterocycles. The van der Waals surface area contributed by atoms with E-state index in [1.54, 1.807) is 7.11 Å². The van der Waals surface area contributed by atoms with Crippen LogP contribution in [0.3, 0.4) is 0 Å². The zero-order valence-corrected chi connectivity index (χ0v) is 14.5. The van der Waals surface area contributed by atoms with E-state index in [0.29, 0.717) is 23.8 Å². The number of methoxy groups -OCH3 is 1. The van der Waals surface area contributed by atoms with Crippen molar-refractivity contribution in [2.24, 2.45) is 5.92 Å². The maximum atomic E-state index is 10.3. The van der Waals surface area contributed by atoms with Crippen LogP contribution >= 0.6 is 0 Å². The van der Waals surface area contributed by atoms with Crippen molar-refractivity contribution in [1.29, 1.82) is 0 Å². The van der Waals surface area contributed by atoms with Gasteiger partial charge in [-0.2, -0.15) is 0 Å². The summed E-state index contributed by atoms with van der Waals surface area (Å²) in [6.45, 7) is 7.72. The highest BCUT2D eigenvalue weighted by molar-refractivity contribution is 5.62. The Balaban J connectivity index is 2.14. The second-order valence-corrected chi connectivity index (χ2v) is 6.27. The molecule has 130 valence electrons. The van der Waals surface area contributed by atoms with Gasteiger partial charge in [-0.3, -0.25) is 0 Å². The van der Waals surface area contributed by atoms with Gasteiger partial charge in [0, 0.05) is 19.0 Å². The summed E-state index contributed by atoms with van der Waals surface area (Å²) in [6, 6.07) is 3.93. The van der Waals surface area contributed by atoms with Crippen molar-refractivity contribution in [3.63, 3.8) is 0 Å². The Morgan fingerprint density at radius 3 is 2.78 bits per heavy atom. The van der Waals surface area contributed by atoms with Crippen molar-refractivity contribution >= 4 is 5.69 Å². The average Bonchev–Trinajstić information content (AvgIpc) is 2.51. The van der Waals surface area contributed by atoms with Crippen molar-refractivity contribution in [2.45, 2.75) is 39.2 Å². The number of ether oxygens (including phenoxy) is 2. The predicted octanol–water partition coefficient (Wildman–Crippen LogP) is 2.31. The number of rotatable bonds is 7. The second-order valence-electron chi connectivity index (χ2n) is 6.27. The molecule has 23 heavy (non-hydrogen) atoms. The Bertz CT molecular complexity index is 507. The summed E-state index contributed by atoms with van der Waals surface area (Å²) in [4.78, 5) is 2.44. The molecule has 0 amide bonds. The van der Waals surface area contributed by atoms with E-state index in [1.807, 2.05) is 19.1 Å². The van der Waals surface area contributed by atoms with E-state index in [4.69, 9.17) is 15.2 Å². The molecular weight excluding hydrogens is 292 g/mol. The lowest BCUT2D eigenvalue weighted by atomic mass is 9.88. The Morgan fingerprint density at radius 2 is 2.13 bits per heavy atom. The number of aliphatic hydroxyl groups excluding tert-OH is 1. The highest BCUT2D eigenvalue weighted by atomic mass is 16.5. The molecule has 1 aliphatic heterocycles. The normalized spacial score (nSPS) is 22.1. The van der Waals surface area contributed by atoms with Crippen molar-refractivity contribution < 1.29 is 14.6 Å². The van der Waals surface area contributed by atoms with Gasteiger partial charge in [-0.05, 0) is 50.4 Å². The molecule has 5 heteroatoms. The first-order valence-corrected chi connectivity index (χ1v) is 8.58. The zero-order valence-electron chi connectivity index (χ0n) is 14.5. The molecule has 2 atom stereocenters. The Labute approximate surface area is 139 Å². The number of aliphatic hydroxyl groups is 1. The number of hydrogen-bond donors (Lipinski definition) is 2. The lowest BCUT2D eigenvalue weighted by molar-refractivity contribution is 0.0270. The van der Waals surface area contributed by atoms with Gasteiger partial charge >= 0.3 is 0 Å². The second kappa shape index (κ2) is 8.41. The molecule has 1 aromatic carbocycles. The molecule has 2 rings (SSSR count). The van der Waals surface area contributed by atoms with Crippen LogP contribution in [0.2, 0.25) is 0 Å². The molecule has 1 saturated heterocycles. The monoisotopic (exact) mass is 322 g/mol. The Kier molecular flexibility index (Phi) is 6.54. The van der Waals surface area contributed by atoms with Crippen LogP contribution in [-0.4, -0.2) is 49.5 Å². The molecule has 1 fully saturated rings. The van der Waals surface area contributed by atoms with Crippen LogP contribution in [0.4, 0.5) is 5.69 Å². The van der Waals surface area contributed by atoms with E-state index in [1.165, 1.54) is 0 Å². The molecule has 0 spiro atoms. The standard InChI is InChI=1S/C18H30N2O3/c1-4-7-20-8-6-16(21)14(12-20)9-13-10-15(19)18(22-3)17(11-13)23-5-2/h10-11,14,16,21H,4-9,12,19H2,1-3H3. The number of anilines is 1. The first-order valence-electron chi connectivity index (χ1n) is 8.58. The number of piperidine rings is 1. The summed E-state index contributed by atoms with van der Waals surface area (Å²) < 4.78 is 11.0. The van der Waals surface area contributed by atoms with Gasteiger partial charge in [0.15, 0.2) is 11.5 Å². The van der Waals surface area contributed by atoms with Gasteiger partial charge in [0.1, 0.15) is 0 Å². The van der Waals surface area contributed by atoms with Crippen LogP contribution in [0.25, 0.3) is 0 Å². The largest absolute Gasteiger partial charge is 0.491 e. The summed E-state index contributed by atoms with van der Waals surface area (Å²) in [7, 11) is 1.60. The van der Waals surface area contributed by atoms with E-state index in [0.717, 1.165) is 44.5 Å². The smallest absolute Gasteiger partial charge is 0.183 e. The minimum Gasteiger partial charge on any atom is -0.491 e. The van der Waals surface area contributed by atoms with E-state index in [-0.39, 0.29) is 12.0 Å². The lowest BCUT2D eigenvalue weighted by Crippen LogP contribution is -2.44. The molecule has 2 unspecified atom stereocenters. The highest BCUT2D eigenvalue weighted by Gasteiger charge is 2.28. The molecule has 0 aliphatic carbocycles. The van der Waals surface area contributed by atoms with Crippen LogP contribution < -0.4 is 15.2 Å². The summed E-state index contributed by atoms with van der Waals surface area (Å²) in [5, 5.41) is 10.3. The SMILES string of the molecule is CCCN1CCC(O)C(Cc2cc(N)c(OC)c(OCC)c2)C1. The fourth-order valence-corrected chi connectivity index (χ4v) is 3.40. The van der Waals surface area contributed by atoms with Crippen LogP contribution in [0.5, 0.6) is 11.5 Å². The lowest BCUT2D eigenvalue weighted by Gasteiger charge is -2.36. The van der Waals surface area contributed by atoms with Gasteiger partial charge in [0.05, 0.1) is 25.5 Å². The van der Waals surface area contributed by atoms with E-state index >= 15 is 0 Å². The number of likely N-dealkylation sites (tertiary alicyclic amines) is 1. The summed E-state index contributed by atoms with van der Waals surface area (Å²) in [6.07, 6.45) is 2.54. The molecule has 3 N–H and O–H groups in total. The topological polar surface area (TPSA) is 68.0 Å². The van der Waals surface area contributed by atoms with Crippen LogP contribution in [0, 0.1) is 5.92 Å². The first kappa shape index (κ1) is 17.9. The highest BCUT2D eigenvalue weighted by Crippen LogP contribution is 2.36. The van der Waals surface area contributed by atoms with Crippen molar-refractivity contribution in [3.05, 3.63) is 17.7 Å². The Morgan fingerprint density at radius 1 is 1.35 bits per heavy atom. The van der Waals surface area contributed by atoms with Gasteiger partial charge in [-0.1, -0.05) is 6.92 Å². The number of hydrogen-bond acceptors (Lipinski definition) is 5. The van der Waals surface area contributed by atoms with Crippen LogP contribution in [0.15, 0.2) is 12.1 Å². The van der Waals surface area contributed by atoms with Gasteiger partial charge in [-0.15, -0.1) is 0 Å². The fourth-order valence-electron chi connectivity index (χ4n) is 3.40. The third-order valence-corrected chi connectivity index (χ3v) is 4.46. The molecule has 1 aromatic rings. The molecule has 0 aromatic heterocycles. The average molecular weight is 322 g/mol. The van der Waals surface area contributed by atoms with Gasteiger partial charge in [0.2, 0.25) is 0 Å². The summed E-state index contributed by atoms with van der Waals surface area (Å²) in [5.41, 5.74) is 7.78. The number of nitrogens with two attached hydrogens (primary N) is 1. The van der Waals surface area contributed by atoms with Crippen molar-refractivity contribution in [1.82, 2.24) is 4.90 Å². The summed E-state index contributed by atoms with van der Waals surface area (Å²) >= 11 is 0. The third kappa shape index (κ3) is 4.52. The molecule has 1 aliphatic rings. The van der Waals surface area contributed by atoms with Crippen LogP contribution in [0.1, 0.15) is 32.3 Å². The number of nitrogen functional groups attached to an aromatic ring is 1. The van der Waals surface area contributed by atoms with Crippen LogP contribution in [-0.2, 0) is 6.42 Å². The Hall–Kier alpha value is -1.46. The maximum Gasteiger partial charge on any atom is 0.183 e. The summed E-state index contributed by atoms with van der Waals surface area (Å²) in [5.74, 6) is 1.51. The minimum absolute atomic E-state index is 0.234. The minimum atomic E-state index is -0.248. The van der Waals surface area contributed by atoms with Crippen molar-refractivity contribution in [2.75, 3.05) is 39.1 Å². The van der Waals surface area contributed by atoms with Gasteiger partial charge in [0.25, 0.3) is 0 Å². The van der Waals surface area contributed by atoms with E-state index in [9.17, 15) is 5.11 Å². The third-order valence-electron chi connectivity index (χ3n) is 4.46. The van der Waals surface area contributed by atoms with E-state index in [2.05, 4.69) is 11.8 Å². The molecule has 0 bridgehead atoms. The van der Waals surface area contributed by atoms with E-state index < -0.39 is 0 Å². The maximum absolute atomic E-state index is 10.3. The van der Waals surface area contributed by atoms with Crippen molar-refractivity contribution in [3.8, 4) is 11.5 Å². The number of benzene rings is 1. The molecule has 0 saturated carbocycles. The fraction of sp³-hybridized carbons (Fsp3) is 0.667. The molecular formula is C18H30N2O3. The number of nitrogens with zero attached hydrogens (tertiary/aromatic N) is 1. The van der Waals surface area contributed by atoms with Gasteiger partial charge in [-0.25, -0.2) is 0 Å². The van der Waals surface area contributed by atoms with Gasteiger partial charge < -0.3 is 25.2 Å². The quantitative estimate of drug-likeness (QED) is 0.754. The predicted molar refractivity (Wildman–Crippen MR) is 93.1 cm³/mol. The molecule has 0 radical (unpaired) electrons. The first-order chi connectivity index (χ1) is 11.1.